The lowest BCUT2D eigenvalue weighted by Crippen LogP contribution is -2.30. The number of nitrogens with zero attached hydrogens (tertiary/aromatic N) is 1. The maximum Gasteiger partial charge on any atom is 0.260 e. The SMILES string of the molecule is CCNc1cccnc1S(=O)(=O)NCC1CCC(C)C1. The molecule has 2 atom stereocenters. The first-order valence-corrected chi connectivity index (χ1v) is 8.69. The van der Waals surface area contributed by atoms with E-state index in [9.17, 15) is 8.42 Å². The summed E-state index contributed by atoms with van der Waals surface area (Å²) < 4.78 is 27.4. The van der Waals surface area contributed by atoms with Crippen LogP contribution in [0.25, 0.3) is 0 Å². The number of pyridine rings is 1. The molecule has 20 heavy (non-hydrogen) atoms. The third-order valence-corrected chi connectivity index (χ3v) is 5.14. The van der Waals surface area contributed by atoms with Crippen molar-refractivity contribution >= 4 is 15.7 Å². The highest BCUT2D eigenvalue weighted by Crippen LogP contribution is 2.30. The molecule has 0 aliphatic heterocycles. The largest absolute Gasteiger partial charge is 0.383 e. The Labute approximate surface area is 121 Å². The van der Waals surface area contributed by atoms with Gasteiger partial charge in [0.15, 0.2) is 5.03 Å². The number of hydrogen-bond donors (Lipinski definition) is 2. The second kappa shape index (κ2) is 6.54. The molecule has 1 aromatic heterocycles. The van der Waals surface area contributed by atoms with Crippen LogP contribution in [-0.2, 0) is 10.0 Å². The van der Waals surface area contributed by atoms with Gasteiger partial charge in [-0.2, -0.15) is 0 Å². The van der Waals surface area contributed by atoms with Crippen molar-refractivity contribution in [3.05, 3.63) is 18.3 Å². The van der Waals surface area contributed by atoms with E-state index in [-0.39, 0.29) is 5.03 Å². The van der Waals surface area contributed by atoms with E-state index in [1.54, 1.807) is 12.1 Å². The first-order chi connectivity index (χ1) is 9.53. The van der Waals surface area contributed by atoms with Crippen molar-refractivity contribution in [1.82, 2.24) is 9.71 Å². The molecule has 1 heterocycles. The van der Waals surface area contributed by atoms with Crippen molar-refractivity contribution in [2.24, 2.45) is 11.8 Å². The van der Waals surface area contributed by atoms with Crippen LogP contribution in [0.4, 0.5) is 5.69 Å². The Hall–Kier alpha value is -1.14. The van der Waals surface area contributed by atoms with Gasteiger partial charge < -0.3 is 5.32 Å². The Morgan fingerprint density at radius 3 is 2.85 bits per heavy atom. The number of sulfonamides is 1. The second-order valence-electron chi connectivity index (χ2n) is 5.52. The van der Waals surface area contributed by atoms with Crippen LogP contribution >= 0.6 is 0 Å². The van der Waals surface area contributed by atoms with Crippen LogP contribution < -0.4 is 10.0 Å². The standard InChI is InChI=1S/C14H23N3O2S/c1-3-15-13-5-4-8-16-14(13)20(18,19)17-10-12-7-6-11(2)9-12/h4-5,8,11-12,15,17H,3,6-7,9-10H2,1-2H3. The van der Waals surface area contributed by atoms with E-state index >= 15 is 0 Å². The van der Waals surface area contributed by atoms with Gasteiger partial charge in [-0.3, -0.25) is 0 Å². The Balaban J connectivity index is 2.06. The first kappa shape index (κ1) is 15.3. The minimum atomic E-state index is -3.54. The van der Waals surface area contributed by atoms with Gasteiger partial charge in [0.05, 0.1) is 5.69 Å². The normalized spacial score (nSPS) is 22.9. The molecule has 1 saturated carbocycles. The molecule has 1 aliphatic carbocycles. The summed E-state index contributed by atoms with van der Waals surface area (Å²) in [6.45, 7) is 5.32. The van der Waals surface area contributed by atoms with Crippen molar-refractivity contribution in [2.75, 3.05) is 18.4 Å². The van der Waals surface area contributed by atoms with Crippen LogP contribution in [-0.4, -0.2) is 26.5 Å². The summed E-state index contributed by atoms with van der Waals surface area (Å²) in [5, 5.41) is 3.13. The van der Waals surface area contributed by atoms with Crippen molar-refractivity contribution in [1.29, 1.82) is 0 Å². The molecule has 0 spiro atoms. The molecule has 1 fully saturated rings. The van der Waals surface area contributed by atoms with Crippen LogP contribution in [0.15, 0.2) is 23.4 Å². The highest BCUT2D eigenvalue weighted by Gasteiger charge is 2.25. The van der Waals surface area contributed by atoms with Gasteiger partial charge >= 0.3 is 0 Å². The second-order valence-corrected chi connectivity index (χ2v) is 7.20. The molecule has 0 radical (unpaired) electrons. The third-order valence-electron chi connectivity index (χ3n) is 3.76. The number of rotatable bonds is 6. The fourth-order valence-electron chi connectivity index (χ4n) is 2.74. The summed E-state index contributed by atoms with van der Waals surface area (Å²) in [5.41, 5.74) is 0.558. The zero-order chi connectivity index (χ0) is 14.6. The van der Waals surface area contributed by atoms with E-state index in [0.717, 1.165) is 12.8 Å². The van der Waals surface area contributed by atoms with Gasteiger partial charge in [-0.05, 0) is 43.7 Å². The number of aromatic nitrogens is 1. The van der Waals surface area contributed by atoms with E-state index in [1.165, 1.54) is 12.6 Å². The lowest BCUT2D eigenvalue weighted by atomic mass is 10.1. The summed E-state index contributed by atoms with van der Waals surface area (Å²) in [6, 6.07) is 3.47. The van der Waals surface area contributed by atoms with Gasteiger partial charge in [-0.25, -0.2) is 18.1 Å². The maximum atomic E-state index is 12.4. The van der Waals surface area contributed by atoms with Crippen LogP contribution in [0.3, 0.4) is 0 Å². The summed E-state index contributed by atoms with van der Waals surface area (Å²) in [7, 11) is -3.54. The molecule has 0 amide bonds. The molecule has 0 saturated heterocycles. The molecular weight excluding hydrogens is 274 g/mol. The number of anilines is 1. The molecule has 0 bridgehead atoms. The predicted octanol–water partition coefficient (Wildman–Crippen LogP) is 2.23. The quantitative estimate of drug-likeness (QED) is 0.844. The Morgan fingerprint density at radius 2 is 2.20 bits per heavy atom. The fraction of sp³-hybridized carbons (Fsp3) is 0.643. The van der Waals surface area contributed by atoms with Crippen LogP contribution in [0.5, 0.6) is 0 Å². The maximum absolute atomic E-state index is 12.4. The monoisotopic (exact) mass is 297 g/mol. The van der Waals surface area contributed by atoms with Crippen molar-refractivity contribution in [3.63, 3.8) is 0 Å². The summed E-state index contributed by atoms with van der Waals surface area (Å²) in [4.78, 5) is 4.02. The van der Waals surface area contributed by atoms with Gasteiger partial charge in [0.2, 0.25) is 0 Å². The molecule has 1 aliphatic rings. The van der Waals surface area contributed by atoms with Gasteiger partial charge in [-0.1, -0.05) is 13.3 Å². The van der Waals surface area contributed by atoms with Crippen LogP contribution in [0, 0.1) is 11.8 Å². The van der Waals surface area contributed by atoms with Crippen LogP contribution in [0.2, 0.25) is 0 Å². The lowest BCUT2D eigenvalue weighted by Gasteiger charge is -2.13. The minimum absolute atomic E-state index is 0.0906. The topological polar surface area (TPSA) is 71.1 Å². The summed E-state index contributed by atoms with van der Waals surface area (Å²) >= 11 is 0. The zero-order valence-electron chi connectivity index (χ0n) is 12.1. The smallest absolute Gasteiger partial charge is 0.260 e. The molecule has 2 unspecified atom stereocenters. The Kier molecular flexibility index (Phi) is 4.99. The third kappa shape index (κ3) is 3.70. The van der Waals surface area contributed by atoms with Gasteiger partial charge in [0.1, 0.15) is 0 Å². The zero-order valence-corrected chi connectivity index (χ0v) is 12.9. The average molecular weight is 297 g/mol. The van der Waals surface area contributed by atoms with E-state index in [1.807, 2.05) is 6.92 Å². The highest BCUT2D eigenvalue weighted by atomic mass is 32.2. The average Bonchev–Trinajstić information content (AvgIpc) is 2.83. The molecule has 1 aromatic rings. The molecule has 6 heteroatoms. The molecule has 2 N–H and O–H groups in total. The van der Waals surface area contributed by atoms with Crippen molar-refractivity contribution in [3.8, 4) is 0 Å². The molecule has 0 aromatic carbocycles. The van der Waals surface area contributed by atoms with Crippen molar-refractivity contribution < 1.29 is 8.42 Å². The van der Waals surface area contributed by atoms with E-state index in [4.69, 9.17) is 0 Å². The van der Waals surface area contributed by atoms with E-state index in [2.05, 4.69) is 21.9 Å². The summed E-state index contributed by atoms with van der Waals surface area (Å²) in [5.74, 6) is 1.16. The predicted molar refractivity (Wildman–Crippen MR) is 80.1 cm³/mol. The lowest BCUT2D eigenvalue weighted by molar-refractivity contribution is 0.497. The molecule has 2 rings (SSSR count). The number of hydrogen-bond acceptors (Lipinski definition) is 4. The van der Waals surface area contributed by atoms with Gasteiger partial charge in [0, 0.05) is 19.3 Å². The minimum Gasteiger partial charge on any atom is -0.383 e. The number of nitrogens with one attached hydrogen (secondary N) is 2. The fourth-order valence-corrected chi connectivity index (χ4v) is 3.96. The molecular formula is C14H23N3O2S. The molecule has 112 valence electrons. The first-order valence-electron chi connectivity index (χ1n) is 7.21. The van der Waals surface area contributed by atoms with Crippen molar-refractivity contribution in [2.45, 2.75) is 38.1 Å². The Bertz CT molecular complexity index is 545. The molecule has 5 nitrogen and oxygen atoms in total. The van der Waals surface area contributed by atoms with Crippen LogP contribution in [0.1, 0.15) is 33.1 Å². The highest BCUT2D eigenvalue weighted by molar-refractivity contribution is 7.89. The Morgan fingerprint density at radius 1 is 1.40 bits per heavy atom. The van der Waals surface area contributed by atoms with Gasteiger partial charge in [-0.15, -0.1) is 0 Å². The van der Waals surface area contributed by atoms with E-state index < -0.39 is 10.0 Å². The van der Waals surface area contributed by atoms with E-state index in [0.29, 0.717) is 30.6 Å². The van der Waals surface area contributed by atoms with Gasteiger partial charge in [0.25, 0.3) is 10.0 Å². The summed E-state index contributed by atoms with van der Waals surface area (Å²) in [6.07, 6.45) is 4.91.